The van der Waals surface area contributed by atoms with E-state index in [-0.39, 0.29) is 23.3 Å². The molecule has 0 spiro atoms. The lowest BCUT2D eigenvalue weighted by atomic mass is 9.97. The predicted octanol–water partition coefficient (Wildman–Crippen LogP) is 8.54. The minimum absolute atomic E-state index is 0.134. The Morgan fingerprint density at radius 3 is 1.60 bits per heavy atom. The fourth-order valence-electron chi connectivity index (χ4n) is 7.44. The summed E-state index contributed by atoms with van der Waals surface area (Å²) in [5, 5.41) is 0. The van der Waals surface area contributed by atoms with E-state index in [0.29, 0.717) is 6.42 Å². The molecule has 0 bridgehead atoms. The van der Waals surface area contributed by atoms with Crippen LogP contribution < -0.4 is 0 Å². The molecule has 0 aromatic heterocycles. The molecular formula is C54H68O16. The molecule has 9 atom stereocenters. The van der Waals surface area contributed by atoms with Gasteiger partial charge in [0.15, 0.2) is 37.0 Å². The van der Waals surface area contributed by atoms with Crippen molar-refractivity contribution >= 4 is 35.8 Å². The molecule has 16 nitrogen and oxygen atoms in total. The van der Waals surface area contributed by atoms with Gasteiger partial charge in [-0.1, -0.05) is 86.4 Å². The maximum Gasteiger partial charge on any atom is 0.338 e. The number of rotatable bonds is 24. The van der Waals surface area contributed by atoms with Gasteiger partial charge in [0.25, 0.3) is 0 Å². The number of hydrogen-bond acceptors (Lipinski definition) is 16. The molecule has 16 heteroatoms. The van der Waals surface area contributed by atoms with Crippen molar-refractivity contribution in [3.8, 4) is 0 Å². The van der Waals surface area contributed by atoms with Gasteiger partial charge in [0.05, 0.1) is 27.5 Å². The van der Waals surface area contributed by atoms with E-state index in [1.807, 2.05) is 6.08 Å². The molecule has 0 radical (unpaired) electrons. The maximum atomic E-state index is 14.0. The highest BCUT2D eigenvalue weighted by atomic mass is 16.8. The minimum Gasteiger partial charge on any atom is -0.462 e. The fourth-order valence-corrected chi connectivity index (χ4v) is 7.44. The van der Waals surface area contributed by atoms with Gasteiger partial charge in [-0.15, -0.1) is 6.58 Å². The first-order chi connectivity index (χ1) is 33.4. The van der Waals surface area contributed by atoms with Gasteiger partial charge in [-0.25, -0.2) is 14.4 Å². The van der Waals surface area contributed by atoms with Crippen LogP contribution in [0, 0.1) is 10.8 Å². The van der Waals surface area contributed by atoms with Crippen molar-refractivity contribution in [2.24, 2.45) is 10.8 Å². The van der Waals surface area contributed by atoms with E-state index in [4.69, 9.17) is 47.4 Å². The van der Waals surface area contributed by atoms with E-state index in [9.17, 15) is 28.8 Å². The average Bonchev–Trinajstić information content (AvgIpc) is 3.82. The molecule has 2 aliphatic rings. The van der Waals surface area contributed by atoms with Crippen molar-refractivity contribution in [3.05, 3.63) is 120 Å². The molecule has 5 rings (SSSR count). The zero-order chi connectivity index (χ0) is 50.8. The minimum atomic E-state index is -1.68. The number of benzene rings is 3. The van der Waals surface area contributed by atoms with E-state index in [0.717, 1.165) is 38.5 Å². The normalized spacial score (nSPS) is 22.6. The molecule has 3 aromatic rings. The number of allylic oxidation sites excluding steroid dienone is 1. The molecular weight excluding hydrogens is 905 g/mol. The molecule has 1 unspecified atom stereocenters. The second kappa shape index (κ2) is 26.3. The smallest absolute Gasteiger partial charge is 0.338 e. The van der Waals surface area contributed by atoms with Gasteiger partial charge in [-0.2, -0.15) is 0 Å². The Labute approximate surface area is 410 Å². The Bertz CT molecular complexity index is 2170. The van der Waals surface area contributed by atoms with Crippen LogP contribution in [0.3, 0.4) is 0 Å². The first-order valence-corrected chi connectivity index (χ1v) is 23.9. The van der Waals surface area contributed by atoms with Gasteiger partial charge < -0.3 is 47.4 Å². The zero-order valence-corrected chi connectivity index (χ0v) is 41.2. The highest BCUT2D eigenvalue weighted by Crippen LogP contribution is 2.37. The quantitative estimate of drug-likeness (QED) is 0.0358. The largest absolute Gasteiger partial charge is 0.462 e. The third-order valence-corrected chi connectivity index (χ3v) is 11.3. The first-order valence-electron chi connectivity index (χ1n) is 23.9. The van der Waals surface area contributed by atoms with Crippen LogP contribution in [0.5, 0.6) is 0 Å². The van der Waals surface area contributed by atoms with Crippen LogP contribution in [-0.2, 0) is 61.8 Å². The standard InChI is InChI=1S/C54H68O16/c1-9-10-11-12-13-14-15-25-32-61-49-45(70-52(60)54(6,7)8)43(64-35(2)55)41(69-49)40(34-63-51(59)53(3,4)5)66-50-44(68-48(58)38-30-23-18-24-31-38)42(67-47(57)37-28-21-17-22-29-37)39(65-50)33-62-46(56)36-26-19-16-20-27-36/h9,16-24,26-31,39-45,49-50H,1,10-15,25,32-34H2,2-8H3/t39-,40-,41+,42-,43+,44+,45-,49?,50-/m1/s1. The Kier molecular flexibility index (Phi) is 20.7. The van der Waals surface area contributed by atoms with Gasteiger partial charge in [-0.05, 0) is 97.2 Å². The number of carbonyl (C=O) groups excluding carboxylic acids is 6. The number of hydrogen-bond donors (Lipinski definition) is 0. The third-order valence-electron chi connectivity index (χ3n) is 11.3. The molecule has 70 heavy (non-hydrogen) atoms. The Morgan fingerprint density at radius 1 is 0.571 bits per heavy atom. The van der Waals surface area contributed by atoms with Gasteiger partial charge in [-0.3, -0.25) is 14.4 Å². The van der Waals surface area contributed by atoms with Crippen LogP contribution in [0.15, 0.2) is 104 Å². The summed E-state index contributed by atoms with van der Waals surface area (Å²) < 4.78 is 61.6. The van der Waals surface area contributed by atoms with Crippen LogP contribution >= 0.6 is 0 Å². The molecule has 380 valence electrons. The number of ether oxygens (including phenoxy) is 10. The number of carbonyl (C=O) groups is 6. The highest BCUT2D eigenvalue weighted by Gasteiger charge is 2.57. The molecule has 2 heterocycles. The molecule has 0 N–H and O–H groups in total. The second-order valence-corrected chi connectivity index (χ2v) is 19.2. The molecule has 0 saturated carbocycles. The summed E-state index contributed by atoms with van der Waals surface area (Å²) in [7, 11) is 0. The van der Waals surface area contributed by atoms with E-state index in [1.54, 1.807) is 108 Å². The summed E-state index contributed by atoms with van der Waals surface area (Å²) in [6.45, 7) is 14.0. The number of esters is 6. The summed E-state index contributed by atoms with van der Waals surface area (Å²) in [5.74, 6) is -4.45. The molecule has 2 fully saturated rings. The van der Waals surface area contributed by atoms with E-state index in [2.05, 4.69) is 6.58 Å². The molecule has 2 saturated heterocycles. The summed E-state index contributed by atoms with van der Waals surface area (Å²) in [6.07, 6.45) is -4.53. The van der Waals surface area contributed by atoms with Gasteiger partial charge in [0.2, 0.25) is 0 Å². The van der Waals surface area contributed by atoms with Gasteiger partial charge in [0, 0.05) is 13.5 Å². The van der Waals surface area contributed by atoms with Crippen LogP contribution in [0.2, 0.25) is 0 Å². The Morgan fingerprint density at radius 2 is 1.07 bits per heavy atom. The van der Waals surface area contributed by atoms with Gasteiger partial charge >= 0.3 is 35.8 Å². The van der Waals surface area contributed by atoms with Crippen molar-refractivity contribution in [3.63, 3.8) is 0 Å². The highest BCUT2D eigenvalue weighted by molar-refractivity contribution is 5.91. The topological polar surface area (TPSA) is 195 Å². The third kappa shape index (κ3) is 16.3. The van der Waals surface area contributed by atoms with Crippen molar-refractivity contribution in [1.29, 1.82) is 0 Å². The van der Waals surface area contributed by atoms with Crippen molar-refractivity contribution in [2.75, 3.05) is 19.8 Å². The lowest BCUT2D eigenvalue weighted by Gasteiger charge is -2.32. The second-order valence-electron chi connectivity index (χ2n) is 19.2. The SMILES string of the molecule is C=CCCCCCCCCOC1O[C@@H]([C@@H](COC(=O)C(C)(C)C)O[C@H]2O[C@H](COC(=O)c3ccccc3)[C@@H](OC(=O)c3ccccc3)[C@@H]2OC(=O)c2ccccc2)[C@H](OC(C)=O)[C@H]1OC(=O)C(C)(C)C. The molecule has 2 aliphatic heterocycles. The van der Waals surface area contributed by atoms with Gasteiger partial charge in [0.1, 0.15) is 31.5 Å². The lowest BCUT2D eigenvalue weighted by Crippen LogP contribution is -2.50. The molecule has 3 aromatic carbocycles. The van der Waals surface area contributed by atoms with Crippen LogP contribution in [0.25, 0.3) is 0 Å². The van der Waals surface area contributed by atoms with E-state index >= 15 is 0 Å². The van der Waals surface area contributed by atoms with Crippen LogP contribution in [0.1, 0.15) is 124 Å². The number of unbranched alkanes of at least 4 members (excludes halogenated alkanes) is 6. The zero-order valence-electron chi connectivity index (χ0n) is 41.2. The Balaban J connectivity index is 1.54. The first kappa shape index (κ1) is 55.0. The van der Waals surface area contributed by atoms with E-state index < -0.39 is 115 Å². The summed E-state index contributed by atoms with van der Waals surface area (Å²) in [6, 6.07) is 24.2. The summed E-state index contributed by atoms with van der Waals surface area (Å²) in [4.78, 5) is 81.1. The van der Waals surface area contributed by atoms with Crippen LogP contribution in [-0.4, -0.2) is 111 Å². The summed E-state index contributed by atoms with van der Waals surface area (Å²) >= 11 is 0. The van der Waals surface area contributed by atoms with Crippen LogP contribution in [0.4, 0.5) is 0 Å². The maximum absolute atomic E-state index is 14.0. The van der Waals surface area contributed by atoms with Crippen molar-refractivity contribution < 1.29 is 76.1 Å². The predicted molar refractivity (Wildman–Crippen MR) is 254 cm³/mol. The van der Waals surface area contributed by atoms with E-state index in [1.165, 1.54) is 31.2 Å². The Hall–Kier alpha value is -5.94. The monoisotopic (exact) mass is 972 g/mol. The fraction of sp³-hybridized carbons (Fsp3) is 0.519. The molecule has 0 aliphatic carbocycles. The lowest BCUT2D eigenvalue weighted by molar-refractivity contribution is -0.244. The molecule has 0 amide bonds. The van der Waals surface area contributed by atoms with Crippen molar-refractivity contribution in [2.45, 2.75) is 149 Å². The van der Waals surface area contributed by atoms with Crippen molar-refractivity contribution in [1.82, 2.24) is 0 Å². The average molecular weight is 973 g/mol. The summed E-state index contributed by atoms with van der Waals surface area (Å²) in [5.41, 5.74) is -1.49.